The van der Waals surface area contributed by atoms with E-state index in [1.807, 2.05) is 18.2 Å². The average molecular weight is 653 g/mol. The van der Waals surface area contributed by atoms with Crippen LogP contribution in [0.1, 0.15) is 0 Å². The molecule has 11 rings (SSSR count). The van der Waals surface area contributed by atoms with Crippen LogP contribution in [0, 0.1) is 0 Å². The van der Waals surface area contributed by atoms with Gasteiger partial charge in [0.25, 0.3) is 0 Å². The van der Waals surface area contributed by atoms with Gasteiger partial charge in [0.1, 0.15) is 33.5 Å². The zero-order chi connectivity index (χ0) is 33.5. The Morgan fingerprint density at radius 2 is 0.510 bits per heavy atom. The summed E-state index contributed by atoms with van der Waals surface area (Å²) < 4.78 is 18.7. The Morgan fingerprint density at radius 1 is 0.196 bits per heavy atom. The van der Waals surface area contributed by atoms with E-state index in [2.05, 4.69) is 152 Å². The molecule has 238 valence electrons. The van der Waals surface area contributed by atoms with Gasteiger partial charge in [0.2, 0.25) is 0 Å². The van der Waals surface area contributed by atoms with Crippen molar-refractivity contribution in [1.29, 1.82) is 0 Å². The van der Waals surface area contributed by atoms with E-state index in [1.54, 1.807) is 0 Å². The van der Waals surface area contributed by atoms with Crippen LogP contribution in [0.4, 0.5) is 0 Å². The third kappa shape index (κ3) is 4.52. The van der Waals surface area contributed by atoms with E-state index in [4.69, 9.17) is 13.3 Å². The second kappa shape index (κ2) is 10.8. The van der Waals surface area contributed by atoms with Crippen LogP contribution in [0.2, 0.25) is 0 Å². The maximum atomic E-state index is 6.32. The Morgan fingerprint density at radius 3 is 0.961 bits per heavy atom. The van der Waals surface area contributed by atoms with E-state index in [0.29, 0.717) is 0 Å². The molecule has 0 spiro atoms. The molecule has 0 N–H and O–H groups in total. The number of hydrogen-bond acceptors (Lipinski definition) is 3. The number of fused-ring (bicyclic) bond motifs is 9. The molecule has 0 aliphatic carbocycles. The summed E-state index contributed by atoms with van der Waals surface area (Å²) >= 11 is 0. The van der Waals surface area contributed by atoms with Crippen molar-refractivity contribution in [2.45, 2.75) is 0 Å². The Balaban J connectivity index is 0.980. The summed E-state index contributed by atoms with van der Waals surface area (Å²) in [6.45, 7) is 0. The summed E-state index contributed by atoms with van der Waals surface area (Å²) in [6.07, 6.45) is 0. The van der Waals surface area contributed by atoms with Crippen LogP contribution in [-0.4, -0.2) is 0 Å². The summed E-state index contributed by atoms with van der Waals surface area (Å²) in [7, 11) is 0. The topological polar surface area (TPSA) is 39.4 Å². The summed E-state index contributed by atoms with van der Waals surface area (Å²) in [4.78, 5) is 0. The smallest absolute Gasteiger partial charge is 0.135 e. The van der Waals surface area contributed by atoms with Crippen molar-refractivity contribution in [2.75, 3.05) is 0 Å². The van der Waals surface area contributed by atoms with Gasteiger partial charge in [0, 0.05) is 32.3 Å². The molecule has 3 heterocycles. The molecule has 51 heavy (non-hydrogen) atoms. The first-order valence-corrected chi connectivity index (χ1v) is 17.2. The number of furan rings is 3. The summed E-state index contributed by atoms with van der Waals surface area (Å²) in [5.41, 5.74) is 14.6. The minimum absolute atomic E-state index is 0.880. The predicted molar refractivity (Wildman–Crippen MR) is 210 cm³/mol. The first-order chi connectivity index (χ1) is 25.2. The zero-order valence-corrected chi connectivity index (χ0v) is 27.4. The Hall–Kier alpha value is -6.84. The molecule has 3 heteroatoms. The lowest BCUT2D eigenvalue weighted by Crippen LogP contribution is -1.82. The fourth-order valence-corrected chi connectivity index (χ4v) is 7.69. The fraction of sp³-hybridized carbons (Fsp3) is 0. The highest BCUT2D eigenvalue weighted by atomic mass is 16.3. The van der Waals surface area contributed by atoms with Crippen LogP contribution in [0.5, 0.6) is 0 Å². The third-order valence-electron chi connectivity index (χ3n) is 10.3. The largest absolute Gasteiger partial charge is 0.456 e. The van der Waals surface area contributed by atoms with E-state index >= 15 is 0 Å². The molecule has 0 amide bonds. The van der Waals surface area contributed by atoms with Crippen LogP contribution < -0.4 is 0 Å². The van der Waals surface area contributed by atoms with E-state index in [-0.39, 0.29) is 0 Å². The van der Waals surface area contributed by atoms with Gasteiger partial charge in [-0.05, 0) is 117 Å². The molecule has 0 saturated carbocycles. The van der Waals surface area contributed by atoms with Crippen molar-refractivity contribution in [3.63, 3.8) is 0 Å². The molecule has 0 radical (unpaired) electrons. The molecule has 0 aliphatic heterocycles. The van der Waals surface area contributed by atoms with Gasteiger partial charge >= 0.3 is 0 Å². The molecule has 0 bridgehead atoms. The van der Waals surface area contributed by atoms with E-state index in [9.17, 15) is 0 Å². The first-order valence-electron chi connectivity index (χ1n) is 17.2. The highest BCUT2D eigenvalue weighted by Gasteiger charge is 2.14. The zero-order valence-electron chi connectivity index (χ0n) is 27.4. The Labute approximate surface area is 292 Å². The second-order valence-electron chi connectivity index (χ2n) is 13.3. The number of benzene rings is 8. The average Bonchev–Trinajstić information content (AvgIpc) is 3.88. The van der Waals surface area contributed by atoms with E-state index in [0.717, 1.165) is 99.2 Å². The number of rotatable bonds is 4. The maximum Gasteiger partial charge on any atom is 0.135 e. The fourth-order valence-electron chi connectivity index (χ4n) is 7.69. The van der Waals surface area contributed by atoms with Crippen LogP contribution in [0.15, 0.2) is 183 Å². The van der Waals surface area contributed by atoms with Crippen molar-refractivity contribution in [3.8, 4) is 44.5 Å². The molecular weight excluding hydrogens is 625 g/mol. The summed E-state index contributed by atoms with van der Waals surface area (Å²) in [6, 6.07) is 59.8. The lowest BCUT2D eigenvalue weighted by molar-refractivity contribution is 0.668. The van der Waals surface area contributed by atoms with Crippen LogP contribution in [0.3, 0.4) is 0 Å². The Bertz CT molecular complexity index is 3140. The molecule has 0 aliphatic rings. The molecule has 0 saturated heterocycles. The van der Waals surface area contributed by atoms with E-state index < -0.39 is 0 Å². The monoisotopic (exact) mass is 652 g/mol. The van der Waals surface area contributed by atoms with E-state index in [1.165, 1.54) is 11.1 Å². The highest BCUT2D eigenvalue weighted by Crippen LogP contribution is 2.39. The van der Waals surface area contributed by atoms with Crippen molar-refractivity contribution in [3.05, 3.63) is 170 Å². The molecule has 0 atom stereocenters. The standard InChI is InChI=1S/C48H28O3/c1-2-7-29(8-3-1)32-13-18-45-39(24-32)40-26-33(14-20-46(40)50-45)30-9-6-10-31(23-30)34-15-21-47-41(27-34)42-28-36(17-22-48(42)51-47)35-16-19-44-38(25-35)37-11-4-5-12-43(37)49-44/h1-28H. The lowest BCUT2D eigenvalue weighted by Gasteiger charge is -2.07. The van der Waals surface area contributed by atoms with Crippen LogP contribution >= 0.6 is 0 Å². The minimum atomic E-state index is 0.880. The molecular formula is C48H28O3. The van der Waals surface area contributed by atoms with Gasteiger partial charge in [-0.15, -0.1) is 0 Å². The van der Waals surface area contributed by atoms with Crippen molar-refractivity contribution in [2.24, 2.45) is 0 Å². The van der Waals surface area contributed by atoms with Gasteiger partial charge in [-0.1, -0.05) is 97.1 Å². The molecule has 0 fully saturated rings. The first kappa shape index (κ1) is 28.0. The minimum Gasteiger partial charge on any atom is -0.456 e. The van der Waals surface area contributed by atoms with Crippen molar-refractivity contribution < 1.29 is 13.3 Å². The van der Waals surface area contributed by atoms with Gasteiger partial charge in [0.15, 0.2) is 0 Å². The normalized spacial score (nSPS) is 11.9. The second-order valence-corrected chi connectivity index (χ2v) is 13.3. The summed E-state index contributed by atoms with van der Waals surface area (Å²) in [5.74, 6) is 0. The Kier molecular flexibility index (Phi) is 5.96. The molecule has 11 aromatic rings. The van der Waals surface area contributed by atoms with Crippen LogP contribution in [0.25, 0.3) is 110 Å². The molecule has 0 unspecified atom stereocenters. The van der Waals surface area contributed by atoms with Crippen molar-refractivity contribution >= 4 is 65.8 Å². The number of para-hydroxylation sites is 1. The van der Waals surface area contributed by atoms with Crippen LogP contribution in [-0.2, 0) is 0 Å². The van der Waals surface area contributed by atoms with Gasteiger partial charge in [-0.3, -0.25) is 0 Å². The van der Waals surface area contributed by atoms with Gasteiger partial charge in [0.05, 0.1) is 0 Å². The highest BCUT2D eigenvalue weighted by molar-refractivity contribution is 6.10. The number of hydrogen-bond donors (Lipinski definition) is 0. The van der Waals surface area contributed by atoms with Gasteiger partial charge in [-0.25, -0.2) is 0 Å². The van der Waals surface area contributed by atoms with Gasteiger partial charge < -0.3 is 13.3 Å². The van der Waals surface area contributed by atoms with Crippen molar-refractivity contribution in [1.82, 2.24) is 0 Å². The predicted octanol–water partition coefficient (Wildman–Crippen LogP) is 14.1. The van der Waals surface area contributed by atoms with Gasteiger partial charge in [-0.2, -0.15) is 0 Å². The lowest BCUT2D eigenvalue weighted by atomic mass is 9.96. The third-order valence-corrected chi connectivity index (χ3v) is 10.3. The maximum absolute atomic E-state index is 6.32. The molecule has 3 aromatic heterocycles. The molecule has 3 nitrogen and oxygen atoms in total. The molecule has 8 aromatic carbocycles. The SMILES string of the molecule is c1ccc(-c2ccc3oc4ccc(-c5cccc(-c6ccc7oc8ccc(-c9ccc%10oc%11ccccc%11c%10c9)cc8c7c6)c5)cc4c3c2)cc1. The quantitative estimate of drug-likeness (QED) is 0.190. The summed E-state index contributed by atoms with van der Waals surface area (Å²) in [5, 5.41) is 6.70.